The third-order valence-corrected chi connectivity index (χ3v) is 5.50. The Labute approximate surface area is 146 Å². The van der Waals surface area contributed by atoms with E-state index >= 15 is 0 Å². The number of thiophene rings is 1. The molecule has 124 valence electrons. The normalized spacial score (nSPS) is 15.8. The molecule has 1 aromatic carbocycles. The topological polar surface area (TPSA) is 42.2 Å². The summed E-state index contributed by atoms with van der Waals surface area (Å²) in [6.07, 6.45) is 2.66. The van der Waals surface area contributed by atoms with Crippen molar-refractivity contribution in [2.75, 3.05) is 0 Å². The Morgan fingerprint density at radius 3 is 2.67 bits per heavy atom. The molecule has 0 spiro atoms. The third kappa shape index (κ3) is 3.57. The van der Waals surface area contributed by atoms with Gasteiger partial charge in [-0.15, -0.1) is 21.5 Å². The Morgan fingerprint density at radius 2 is 1.96 bits per heavy atom. The maximum absolute atomic E-state index is 5.89. The van der Waals surface area contributed by atoms with Gasteiger partial charge in [-0.05, 0) is 42.7 Å². The Balaban J connectivity index is 1.51. The maximum Gasteiger partial charge on any atom is 0.257 e. The molecule has 1 unspecified atom stereocenters. The molecule has 4 nitrogen and oxygen atoms in total. The van der Waals surface area contributed by atoms with E-state index in [1.54, 1.807) is 11.3 Å². The van der Waals surface area contributed by atoms with Crippen LogP contribution >= 0.6 is 11.3 Å². The second kappa shape index (κ2) is 6.87. The van der Waals surface area contributed by atoms with Gasteiger partial charge in [0.05, 0.1) is 11.4 Å². The standard InChI is InChI=1S/C19H21N3OS/c1-14(16-9-10-16)22(12-15-6-3-2-4-7-15)13-18-20-21-19(23-18)17-8-5-11-24-17/h2-8,11,14,16H,9-10,12-13H2,1H3. The van der Waals surface area contributed by atoms with E-state index in [1.165, 1.54) is 18.4 Å². The molecule has 0 saturated heterocycles. The lowest BCUT2D eigenvalue weighted by molar-refractivity contribution is 0.156. The van der Waals surface area contributed by atoms with Crippen molar-refractivity contribution in [2.24, 2.45) is 5.92 Å². The zero-order valence-electron chi connectivity index (χ0n) is 13.8. The number of benzene rings is 1. The summed E-state index contributed by atoms with van der Waals surface area (Å²) >= 11 is 1.62. The fourth-order valence-electron chi connectivity index (χ4n) is 3.03. The van der Waals surface area contributed by atoms with Crippen LogP contribution in [0, 0.1) is 5.92 Å². The first-order valence-corrected chi connectivity index (χ1v) is 9.32. The largest absolute Gasteiger partial charge is 0.419 e. The van der Waals surface area contributed by atoms with Crippen LogP contribution in [0.4, 0.5) is 0 Å². The van der Waals surface area contributed by atoms with Gasteiger partial charge in [0.25, 0.3) is 5.89 Å². The summed E-state index contributed by atoms with van der Waals surface area (Å²) in [6, 6.07) is 15.1. The quantitative estimate of drug-likeness (QED) is 0.631. The van der Waals surface area contributed by atoms with Crippen LogP contribution in [0.15, 0.2) is 52.3 Å². The molecule has 1 atom stereocenters. The van der Waals surface area contributed by atoms with Gasteiger partial charge in [-0.2, -0.15) is 0 Å². The van der Waals surface area contributed by atoms with E-state index in [0.717, 1.165) is 17.3 Å². The highest BCUT2D eigenvalue weighted by Crippen LogP contribution is 2.36. The molecule has 3 aromatic rings. The SMILES string of the molecule is CC(C1CC1)N(Cc1ccccc1)Cc1nnc(-c2cccs2)o1. The highest BCUT2D eigenvalue weighted by atomic mass is 32.1. The molecule has 5 heteroatoms. The predicted octanol–water partition coefficient (Wildman–Crippen LogP) is 4.60. The molecule has 0 bridgehead atoms. The van der Waals surface area contributed by atoms with Crippen LogP contribution < -0.4 is 0 Å². The van der Waals surface area contributed by atoms with E-state index in [9.17, 15) is 0 Å². The smallest absolute Gasteiger partial charge is 0.257 e. The van der Waals surface area contributed by atoms with Gasteiger partial charge in [-0.25, -0.2) is 0 Å². The molecule has 1 fully saturated rings. The second-order valence-corrected chi connectivity index (χ2v) is 7.39. The van der Waals surface area contributed by atoms with Crippen LogP contribution in [-0.4, -0.2) is 21.1 Å². The maximum atomic E-state index is 5.89. The summed E-state index contributed by atoms with van der Waals surface area (Å²) in [4.78, 5) is 3.48. The summed E-state index contributed by atoms with van der Waals surface area (Å²) in [5.74, 6) is 2.12. The van der Waals surface area contributed by atoms with E-state index in [-0.39, 0.29) is 0 Å². The van der Waals surface area contributed by atoms with Crippen LogP contribution in [-0.2, 0) is 13.1 Å². The van der Waals surface area contributed by atoms with Gasteiger partial charge >= 0.3 is 0 Å². The molecule has 0 amide bonds. The number of nitrogens with zero attached hydrogens (tertiary/aromatic N) is 3. The molecular weight excluding hydrogens is 318 g/mol. The molecule has 1 saturated carbocycles. The molecule has 4 rings (SSSR count). The number of aromatic nitrogens is 2. The number of rotatable bonds is 7. The second-order valence-electron chi connectivity index (χ2n) is 6.45. The molecule has 2 aromatic heterocycles. The monoisotopic (exact) mass is 339 g/mol. The van der Waals surface area contributed by atoms with Crippen LogP contribution in [0.3, 0.4) is 0 Å². The molecule has 1 aliphatic carbocycles. The molecular formula is C19H21N3OS. The number of hydrogen-bond acceptors (Lipinski definition) is 5. The van der Waals surface area contributed by atoms with Gasteiger partial charge in [0.2, 0.25) is 5.89 Å². The Morgan fingerprint density at radius 1 is 1.12 bits per heavy atom. The van der Waals surface area contributed by atoms with Crippen molar-refractivity contribution in [3.05, 3.63) is 59.3 Å². The van der Waals surface area contributed by atoms with Gasteiger partial charge in [0.1, 0.15) is 0 Å². The lowest BCUT2D eigenvalue weighted by Crippen LogP contribution is -2.33. The van der Waals surface area contributed by atoms with Gasteiger partial charge in [-0.3, -0.25) is 4.90 Å². The number of hydrogen-bond donors (Lipinski definition) is 0. The third-order valence-electron chi connectivity index (χ3n) is 4.65. The summed E-state index contributed by atoms with van der Waals surface area (Å²) < 4.78 is 5.89. The van der Waals surface area contributed by atoms with Crippen LogP contribution in [0.2, 0.25) is 0 Å². The Kier molecular flexibility index (Phi) is 4.45. The lowest BCUT2D eigenvalue weighted by atomic mass is 10.1. The zero-order chi connectivity index (χ0) is 16.4. The minimum absolute atomic E-state index is 0.530. The fourth-order valence-corrected chi connectivity index (χ4v) is 3.67. The van der Waals surface area contributed by atoms with Crippen LogP contribution in [0.5, 0.6) is 0 Å². The van der Waals surface area contributed by atoms with Crippen LogP contribution in [0.1, 0.15) is 31.2 Å². The van der Waals surface area contributed by atoms with E-state index in [4.69, 9.17) is 4.42 Å². The first-order chi connectivity index (χ1) is 11.8. The van der Waals surface area contributed by atoms with Crippen molar-refractivity contribution in [1.29, 1.82) is 0 Å². The molecule has 2 heterocycles. The van der Waals surface area contributed by atoms with Crippen molar-refractivity contribution >= 4 is 11.3 Å². The molecule has 24 heavy (non-hydrogen) atoms. The molecule has 0 radical (unpaired) electrons. The van der Waals surface area contributed by atoms with Crippen LogP contribution in [0.25, 0.3) is 10.8 Å². The Bertz CT molecular complexity index is 765. The molecule has 1 aliphatic rings. The Hall–Kier alpha value is -1.98. The first-order valence-electron chi connectivity index (χ1n) is 8.44. The van der Waals surface area contributed by atoms with Crippen molar-refractivity contribution in [3.63, 3.8) is 0 Å². The van der Waals surface area contributed by atoms with Gasteiger partial charge in [0, 0.05) is 12.6 Å². The average Bonchev–Trinajstić information content (AvgIpc) is 3.11. The highest BCUT2D eigenvalue weighted by molar-refractivity contribution is 7.13. The van der Waals surface area contributed by atoms with Crippen molar-refractivity contribution < 1.29 is 4.42 Å². The summed E-state index contributed by atoms with van der Waals surface area (Å²) in [5, 5.41) is 10.5. The minimum atomic E-state index is 0.530. The van der Waals surface area contributed by atoms with E-state index in [1.807, 2.05) is 17.5 Å². The van der Waals surface area contributed by atoms with E-state index in [2.05, 4.69) is 52.4 Å². The predicted molar refractivity (Wildman–Crippen MR) is 95.5 cm³/mol. The van der Waals surface area contributed by atoms with Crippen molar-refractivity contribution in [3.8, 4) is 10.8 Å². The first kappa shape index (κ1) is 15.5. The van der Waals surface area contributed by atoms with Gasteiger partial charge in [0.15, 0.2) is 0 Å². The fraction of sp³-hybridized carbons (Fsp3) is 0.368. The minimum Gasteiger partial charge on any atom is -0.419 e. The zero-order valence-corrected chi connectivity index (χ0v) is 14.6. The summed E-state index contributed by atoms with van der Waals surface area (Å²) in [7, 11) is 0. The summed E-state index contributed by atoms with van der Waals surface area (Å²) in [6.45, 7) is 3.93. The van der Waals surface area contributed by atoms with E-state index in [0.29, 0.717) is 24.4 Å². The van der Waals surface area contributed by atoms with Crippen molar-refractivity contribution in [2.45, 2.75) is 38.9 Å². The van der Waals surface area contributed by atoms with Crippen molar-refractivity contribution in [1.82, 2.24) is 15.1 Å². The van der Waals surface area contributed by atoms with Gasteiger partial charge < -0.3 is 4.42 Å². The lowest BCUT2D eigenvalue weighted by Gasteiger charge is -2.28. The van der Waals surface area contributed by atoms with E-state index < -0.39 is 0 Å². The average molecular weight is 339 g/mol. The molecule has 0 N–H and O–H groups in total. The molecule has 0 aliphatic heterocycles. The summed E-state index contributed by atoms with van der Waals surface area (Å²) in [5.41, 5.74) is 1.32. The van der Waals surface area contributed by atoms with Gasteiger partial charge in [-0.1, -0.05) is 36.4 Å². The highest BCUT2D eigenvalue weighted by Gasteiger charge is 2.32.